The molecule has 0 aliphatic heterocycles. The van der Waals surface area contributed by atoms with Gasteiger partial charge in [-0.3, -0.25) is 0 Å². The molecule has 0 heterocycles. The topological polar surface area (TPSA) is 35.5 Å². The summed E-state index contributed by atoms with van der Waals surface area (Å²) in [5.74, 6) is -0.197. The first kappa shape index (κ1) is 24.5. The molecule has 1 aliphatic carbocycles. The lowest BCUT2D eigenvalue weighted by atomic mass is 9.56. The fourth-order valence-corrected chi connectivity index (χ4v) is 4.65. The van der Waals surface area contributed by atoms with E-state index in [9.17, 15) is 4.79 Å². The molecule has 0 bridgehead atoms. The molecule has 0 amide bonds. The SMILES string of the molecule is CCC(C)(C)CC(C)(C(C)OCC(=O)OC1(CC)CCCC1)C(C)(C)CC. The number of carbonyl (C=O) groups is 1. The molecule has 0 radical (unpaired) electrons. The van der Waals surface area contributed by atoms with Gasteiger partial charge in [0.25, 0.3) is 0 Å². The van der Waals surface area contributed by atoms with Crippen molar-refractivity contribution in [2.24, 2.45) is 16.2 Å². The Labute approximate surface area is 169 Å². The van der Waals surface area contributed by atoms with Gasteiger partial charge in [-0.2, -0.15) is 0 Å². The molecule has 3 nitrogen and oxygen atoms in total. The molecule has 3 heteroatoms. The molecule has 160 valence electrons. The number of hydrogen-bond donors (Lipinski definition) is 0. The summed E-state index contributed by atoms with van der Waals surface area (Å²) in [6.45, 7) is 20.5. The van der Waals surface area contributed by atoms with Crippen LogP contribution < -0.4 is 0 Å². The molecule has 2 atom stereocenters. The molecule has 1 aliphatic rings. The lowest BCUT2D eigenvalue weighted by Crippen LogP contribution is -2.48. The number of esters is 1. The van der Waals surface area contributed by atoms with Crippen LogP contribution in [0.2, 0.25) is 0 Å². The van der Waals surface area contributed by atoms with E-state index in [2.05, 4.69) is 62.3 Å². The minimum Gasteiger partial charge on any atom is -0.457 e. The van der Waals surface area contributed by atoms with Crippen molar-refractivity contribution in [1.82, 2.24) is 0 Å². The van der Waals surface area contributed by atoms with Gasteiger partial charge in [-0.1, -0.05) is 68.2 Å². The van der Waals surface area contributed by atoms with Gasteiger partial charge in [-0.25, -0.2) is 4.79 Å². The van der Waals surface area contributed by atoms with Crippen LogP contribution in [0.3, 0.4) is 0 Å². The molecular weight excluding hydrogens is 336 g/mol. The fraction of sp³-hybridized carbons (Fsp3) is 0.958. The van der Waals surface area contributed by atoms with Crippen molar-refractivity contribution in [3.05, 3.63) is 0 Å². The van der Waals surface area contributed by atoms with E-state index in [1.807, 2.05) is 0 Å². The second-order valence-electron chi connectivity index (χ2n) is 10.5. The zero-order valence-corrected chi connectivity index (χ0v) is 19.7. The molecular formula is C24H46O3. The zero-order valence-electron chi connectivity index (χ0n) is 19.7. The molecule has 0 spiro atoms. The first-order valence-electron chi connectivity index (χ1n) is 11.2. The van der Waals surface area contributed by atoms with Crippen molar-refractivity contribution >= 4 is 5.97 Å². The van der Waals surface area contributed by atoms with Crippen molar-refractivity contribution in [2.45, 2.75) is 125 Å². The molecule has 0 aromatic carbocycles. The zero-order chi connectivity index (χ0) is 20.9. The molecule has 0 aromatic rings. The summed E-state index contributed by atoms with van der Waals surface area (Å²) in [4.78, 5) is 12.5. The van der Waals surface area contributed by atoms with Crippen molar-refractivity contribution in [3.8, 4) is 0 Å². The monoisotopic (exact) mass is 382 g/mol. The highest BCUT2D eigenvalue weighted by Gasteiger charge is 2.47. The van der Waals surface area contributed by atoms with Gasteiger partial charge in [0.1, 0.15) is 12.2 Å². The van der Waals surface area contributed by atoms with Crippen LogP contribution in [-0.4, -0.2) is 24.3 Å². The molecule has 2 unspecified atom stereocenters. The van der Waals surface area contributed by atoms with Gasteiger partial charge >= 0.3 is 5.97 Å². The molecule has 27 heavy (non-hydrogen) atoms. The Bertz CT molecular complexity index is 474. The van der Waals surface area contributed by atoms with Gasteiger partial charge in [0.05, 0.1) is 6.10 Å². The van der Waals surface area contributed by atoms with Crippen LogP contribution in [0.4, 0.5) is 0 Å². The van der Waals surface area contributed by atoms with Gasteiger partial charge in [-0.15, -0.1) is 0 Å². The summed E-state index contributed by atoms with van der Waals surface area (Å²) in [6, 6.07) is 0. The molecule has 1 saturated carbocycles. The van der Waals surface area contributed by atoms with E-state index in [4.69, 9.17) is 9.47 Å². The summed E-state index contributed by atoms with van der Waals surface area (Å²) in [5.41, 5.74) is 0.117. The van der Waals surface area contributed by atoms with E-state index in [0.29, 0.717) is 0 Å². The fourth-order valence-electron chi connectivity index (χ4n) is 4.65. The highest BCUT2D eigenvalue weighted by atomic mass is 16.6. The summed E-state index contributed by atoms with van der Waals surface area (Å²) < 4.78 is 12.1. The van der Waals surface area contributed by atoms with Gasteiger partial charge in [-0.05, 0) is 61.7 Å². The van der Waals surface area contributed by atoms with Crippen LogP contribution in [0.5, 0.6) is 0 Å². The summed E-state index contributed by atoms with van der Waals surface area (Å²) in [7, 11) is 0. The van der Waals surface area contributed by atoms with Gasteiger partial charge in [0, 0.05) is 0 Å². The van der Waals surface area contributed by atoms with Crippen molar-refractivity contribution < 1.29 is 14.3 Å². The largest absolute Gasteiger partial charge is 0.457 e. The number of carbonyl (C=O) groups excluding carboxylic acids is 1. The third-order valence-corrected chi connectivity index (χ3v) is 8.07. The molecule has 1 rings (SSSR count). The predicted molar refractivity (Wildman–Crippen MR) is 114 cm³/mol. The maximum atomic E-state index is 12.5. The van der Waals surface area contributed by atoms with Gasteiger partial charge in [0.15, 0.2) is 0 Å². The highest BCUT2D eigenvalue weighted by Crippen LogP contribution is 2.52. The van der Waals surface area contributed by atoms with Crippen LogP contribution >= 0.6 is 0 Å². The summed E-state index contributed by atoms with van der Waals surface area (Å²) >= 11 is 0. The predicted octanol–water partition coefficient (Wildman–Crippen LogP) is 6.93. The van der Waals surface area contributed by atoms with Gasteiger partial charge < -0.3 is 9.47 Å². The lowest BCUT2D eigenvalue weighted by molar-refractivity contribution is -0.173. The first-order chi connectivity index (χ1) is 12.4. The number of hydrogen-bond acceptors (Lipinski definition) is 3. The Morgan fingerprint density at radius 1 is 1.00 bits per heavy atom. The Balaban J connectivity index is 2.81. The molecule has 1 fully saturated rings. The third-order valence-electron chi connectivity index (χ3n) is 8.07. The Morgan fingerprint density at radius 3 is 2.00 bits per heavy atom. The Hall–Kier alpha value is -0.570. The molecule has 0 saturated heterocycles. The summed E-state index contributed by atoms with van der Waals surface area (Å²) in [5, 5.41) is 0. The Morgan fingerprint density at radius 2 is 1.56 bits per heavy atom. The lowest BCUT2D eigenvalue weighted by Gasteiger charge is -2.51. The minimum absolute atomic E-state index is 0.00743. The van der Waals surface area contributed by atoms with Crippen LogP contribution in [0, 0.1) is 16.2 Å². The van der Waals surface area contributed by atoms with E-state index < -0.39 is 0 Å². The minimum atomic E-state index is -0.236. The Kier molecular flexibility index (Phi) is 8.41. The quantitative estimate of drug-likeness (QED) is 0.364. The summed E-state index contributed by atoms with van der Waals surface area (Å²) in [6.07, 6.45) is 8.50. The standard InChI is InChI=1S/C24H46O3/c1-10-21(5,6)18-23(9,22(7,8)11-2)19(4)26-17-20(25)27-24(12-3)15-13-14-16-24/h19H,10-18H2,1-9H3. The van der Waals surface area contributed by atoms with E-state index in [-0.39, 0.29) is 40.5 Å². The normalized spacial score (nSPS) is 20.9. The smallest absolute Gasteiger partial charge is 0.332 e. The van der Waals surface area contributed by atoms with E-state index in [0.717, 1.165) is 51.4 Å². The van der Waals surface area contributed by atoms with Crippen LogP contribution in [0.15, 0.2) is 0 Å². The van der Waals surface area contributed by atoms with Crippen molar-refractivity contribution in [3.63, 3.8) is 0 Å². The first-order valence-corrected chi connectivity index (χ1v) is 11.2. The average Bonchev–Trinajstić information content (AvgIpc) is 3.07. The van der Waals surface area contributed by atoms with E-state index >= 15 is 0 Å². The average molecular weight is 383 g/mol. The van der Waals surface area contributed by atoms with Crippen LogP contribution in [-0.2, 0) is 14.3 Å². The number of rotatable bonds is 11. The van der Waals surface area contributed by atoms with E-state index in [1.165, 1.54) is 0 Å². The van der Waals surface area contributed by atoms with Crippen molar-refractivity contribution in [1.29, 1.82) is 0 Å². The van der Waals surface area contributed by atoms with Crippen molar-refractivity contribution in [2.75, 3.05) is 6.61 Å². The number of ether oxygens (including phenoxy) is 2. The second-order valence-corrected chi connectivity index (χ2v) is 10.5. The maximum absolute atomic E-state index is 12.5. The van der Waals surface area contributed by atoms with E-state index in [1.54, 1.807) is 0 Å². The molecule has 0 N–H and O–H groups in total. The van der Waals surface area contributed by atoms with Crippen LogP contribution in [0.1, 0.15) is 114 Å². The second kappa shape index (κ2) is 9.29. The third kappa shape index (κ3) is 5.95. The van der Waals surface area contributed by atoms with Gasteiger partial charge in [0.2, 0.25) is 0 Å². The van der Waals surface area contributed by atoms with Crippen LogP contribution in [0.25, 0.3) is 0 Å². The molecule has 0 aromatic heterocycles. The maximum Gasteiger partial charge on any atom is 0.332 e. The highest BCUT2D eigenvalue weighted by molar-refractivity contribution is 5.71.